The van der Waals surface area contributed by atoms with E-state index < -0.39 is 0 Å². The van der Waals surface area contributed by atoms with E-state index in [2.05, 4.69) is 4.90 Å². The molecule has 0 N–H and O–H groups in total. The molecule has 0 saturated carbocycles. The third kappa shape index (κ3) is 4.52. The minimum Gasteiger partial charge on any atom is -0.489 e. The zero-order valence-corrected chi connectivity index (χ0v) is 11.4. The fraction of sp³-hybridized carbons (Fsp3) is 0.538. The van der Waals surface area contributed by atoms with Crippen molar-refractivity contribution in [1.29, 1.82) is 0 Å². The van der Waals surface area contributed by atoms with Gasteiger partial charge in [0.2, 0.25) is 0 Å². The van der Waals surface area contributed by atoms with Crippen LogP contribution < -0.4 is 4.74 Å². The minimum atomic E-state index is -0.376. The maximum absolute atomic E-state index is 13.7. The van der Waals surface area contributed by atoms with Gasteiger partial charge in [0.15, 0.2) is 11.6 Å². The third-order valence-electron chi connectivity index (χ3n) is 2.42. The van der Waals surface area contributed by atoms with Crippen LogP contribution in [0.4, 0.5) is 4.39 Å². The van der Waals surface area contributed by atoms with Gasteiger partial charge in [0.1, 0.15) is 0 Å². The molecule has 0 aliphatic heterocycles. The van der Waals surface area contributed by atoms with Gasteiger partial charge >= 0.3 is 0 Å². The lowest BCUT2D eigenvalue weighted by Gasteiger charge is -2.11. The lowest BCUT2D eigenvalue weighted by molar-refractivity contribution is 0.321. The van der Waals surface area contributed by atoms with Crippen molar-refractivity contribution in [2.24, 2.45) is 0 Å². The number of rotatable bonds is 6. The molecule has 0 aliphatic rings. The number of nitrogens with zero attached hydrogens (tertiary/aromatic N) is 1. The number of benzene rings is 1. The molecule has 0 bridgehead atoms. The predicted octanol–water partition coefficient (Wildman–Crippen LogP) is 3.37. The topological polar surface area (TPSA) is 12.5 Å². The predicted molar refractivity (Wildman–Crippen MR) is 69.5 cm³/mol. The van der Waals surface area contributed by atoms with Crippen LogP contribution in [0.15, 0.2) is 12.1 Å². The summed E-state index contributed by atoms with van der Waals surface area (Å²) < 4.78 is 18.8. The van der Waals surface area contributed by atoms with E-state index in [-0.39, 0.29) is 11.6 Å². The van der Waals surface area contributed by atoms with E-state index in [0.29, 0.717) is 11.6 Å². The van der Waals surface area contributed by atoms with Crippen molar-refractivity contribution in [1.82, 2.24) is 4.90 Å². The summed E-state index contributed by atoms with van der Waals surface area (Å²) in [6.07, 6.45) is 1.80. The summed E-state index contributed by atoms with van der Waals surface area (Å²) in [5.74, 6) is -0.218. The minimum absolute atomic E-state index is 0.158. The first kappa shape index (κ1) is 14.3. The second-order valence-electron chi connectivity index (χ2n) is 4.23. The lowest BCUT2D eigenvalue weighted by atomic mass is 10.1. The molecule has 2 nitrogen and oxygen atoms in total. The molecule has 0 aliphatic carbocycles. The van der Waals surface area contributed by atoms with Gasteiger partial charge in [-0.15, -0.1) is 0 Å². The van der Waals surface area contributed by atoms with Crippen LogP contribution in [0.2, 0.25) is 5.02 Å². The molecular weight excluding hydrogens is 241 g/mol. The summed E-state index contributed by atoms with van der Waals surface area (Å²) in [7, 11) is 4.04. The van der Waals surface area contributed by atoms with Gasteiger partial charge in [-0.1, -0.05) is 11.6 Å². The van der Waals surface area contributed by atoms with Crippen molar-refractivity contribution in [3.63, 3.8) is 0 Å². The molecule has 0 aromatic heterocycles. The Hall–Kier alpha value is -0.800. The van der Waals surface area contributed by atoms with E-state index in [9.17, 15) is 4.39 Å². The van der Waals surface area contributed by atoms with Gasteiger partial charge in [-0.2, -0.15) is 0 Å². The van der Waals surface area contributed by atoms with E-state index in [1.165, 1.54) is 6.07 Å². The highest BCUT2D eigenvalue weighted by atomic mass is 35.5. The molecule has 0 amide bonds. The largest absolute Gasteiger partial charge is 0.489 e. The fourth-order valence-electron chi connectivity index (χ4n) is 1.64. The summed E-state index contributed by atoms with van der Waals surface area (Å²) in [5.41, 5.74) is 0.915. The smallest absolute Gasteiger partial charge is 0.173 e. The van der Waals surface area contributed by atoms with Crippen LogP contribution in [0, 0.1) is 5.82 Å². The normalized spacial score (nSPS) is 10.9. The van der Waals surface area contributed by atoms with Crippen LogP contribution in [0.5, 0.6) is 5.75 Å². The third-order valence-corrected chi connectivity index (χ3v) is 2.70. The summed E-state index contributed by atoms with van der Waals surface area (Å²) >= 11 is 5.98. The second-order valence-corrected chi connectivity index (χ2v) is 4.64. The van der Waals surface area contributed by atoms with E-state index >= 15 is 0 Å². The molecular formula is C13H19ClFNO. The van der Waals surface area contributed by atoms with Crippen LogP contribution >= 0.6 is 11.6 Å². The number of hydrogen-bond donors (Lipinski definition) is 0. The van der Waals surface area contributed by atoms with Crippen LogP contribution in [0.3, 0.4) is 0 Å². The molecule has 4 heteroatoms. The Kier molecular flexibility index (Phi) is 5.72. The van der Waals surface area contributed by atoms with Crippen LogP contribution in [0.25, 0.3) is 0 Å². The molecule has 1 aromatic rings. The van der Waals surface area contributed by atoms with Gasteiger partial charge in [-0.3, -0.25) is 0 Å². The molecule has 0 spiro atoms. The highest BCUT2D eigenvalue weighted by molar-refractivity contribution is 6.32. The highest BCUT2D eigenvalue weighted by Crippen LogP contribution is 2.29. The molecule has 0 unspecified atom stereocenters. The molecule has 0 saturated heterocycles. The van der Waals surface area contributed by atoms with Gasteiger partial charge in [-0.25, -0.2) is 4.39 Å². The molecule has 1 aromatic carbocycles. The van der Waals surface area contributed by atoms with E-state index in [4.69, 9.17) is 16.3 Å². The van der Waals surface area contributed by atoms with Crippen LogP contribution in [0.1, 0.15) is 18.9 Å². The summed E-state index contributed by atoms with van der Waals surface area (Å²) in [6, 6.07) is 3.29. The monoisotopic (exact) mass is 259 g/mol. The zero-order valence-electron chi connectivity index (χ0n) is 10.6. The Balaban J connectivity index is 2.69. The number of aryl methyl sites for hydroxylation is 1. The van der Waals surface area contributed by atoms with Crippen LogP contribution in [-0.4, -0.2) is 32.1 Å². The molecule has 96 valence electrons. The molecule has 0 radical (unpaired) electrons. The Morgan fingerprint density at radius 2 is 2.06 bits per heavy atom. The molecule has 17 heavy (non-hydrogen) atoms. The molecule has 0 heterocycles. The Bertz CT molecular complexity index is 345. The van der Waals surface area contributed by atoms with E-state index in [1.54, 1.807) is 13.0 Å². The van der Waals surface area contributed by atoms with Crippen molar-refractivity contribution >= 4 is 11.6 Å². The second kappa shape index (κ2) is 6.82. The highest BCUT2D eigenvalue weighted by Gasteiger charge is 2.10. The van der Waals surface area contributed by atoms with Crippen molar-refractivity contribution in [3.05, 3.63) is 28.5 Å². The average molecular weight is 260 g/mol. The van der Waals surface area contributed by atoms with Gasteiger partial charge in [0, 0.05) is 0 Å². The summed E-state index contributed by atoms with van der Waals surface area (Å²) in [6.45, 7) is 3.20. The van der Waals surface area contributed by atoms with Crippen LogP contribution in [-0.2, 0) is 6.42 Å². The molecule has 1 rings (SSSR count). The Morgan fingerprint density at radius 3 is 2.59 bits per heavy atom. The van der Waals surface area contributed by atoms with Gasteiger partial charge in [0.25, 0.3) is 0 Å². The number of hydrogen-bond acceptors (Lipinski definition) is 2. The Morgan fingerprint density at radius 1 is 1.35 bits per heavy atom. The lowest BCUT2D eigenvalue weighted by Crippen LogP contribution is -2.13. The maximum atomic E-state index is 13.7. The van der Waals surface area contributed by atoms with E-state index in [0.717, 1.165) is 24.9 Å². The molecule has 0 fully saturated rings. The maximum Gasteiger partial charge on any atom is 0.173 e. The zero-order chi connectivity index (χ0) is 12.8. The van der Waals surface area contributed by atoms with Gasteiger partial charge in [0.05, 0.1) is 11.6 Å². The first-order valence-corrected chi connectivity index (χ1v) is 6.17. The SMILES string of the molecule is CCOc1c(F)cc(CCCN(C)C)cc1Cl. The molecule has 0 atom stereocenters. The number of ether oxygens (including phenoxy) is 1. The summed E-state index contributed by atoms with van der Waals surface area (Å²) in [5, 5.41) is 0.353. The van der Waals surface area contributed by atoms with E-state index in [1.807, 2.05) is 14.1 Å². The standard InChI is InChI=1S/C13H19ClFNO/c1-4-17-13-11(14)8-10(9-12(13)15)6-5-7-16(2)3/h8-9H,4-7H2,1-3H3. The van der Waals surface area contributed by atoms with Crippen molar-refractivity contribution < 1.29 is 9.13 Å². The number of halogens is 2. The van der Waals surface area contributed by atoms with Gasteiger partial charge < -0.3 is 9.64 Å². The summed E-state index contributed by atoms with van der Waals surface area (Å²) in [4.78, 5) is 2.10. The first-order chi connectivity index (χ1) is 8.04. The quantitative estimate of drug-likeness (QED) is 0.777. The fourth-order valence-corrected chi connectivity index (χ4v) is 1.92. The Labute approximate surface area is 107 Å². The van der Waals surface area contributed by atoms with Gasteiger partial charge in [-0.05, 0) is 58.1 Å². The van der Waals surface area contributed by atoms with Crippen molar-refractivity contribution in [2.45, 2.75) is 19.8 Å². The van der Waals surface area contributed by atoms with Crippen molar-refractivity contribution in [3.8, 4) is 5.75 Å². The average Bonchev–Trinajstić information content (AvgIpc) is 2.23. The first-order valence-electron chi connectivity index (χ1n) is 5.80. The van der Waals surface area contributed by atoms with Crippen molar-refractivity contribution in [2.75, 3.05) is 27.2 Å².